The summed E-state index contributed by atoms with van der Waals surface area (Å²) < 4.78 is 28.6. The van der Waals surface area contributed by atoms with Crippen LogP contribution >= 0.6 is 0 Å². The lowest BCUT2D eigenvalue weighted by Gasteiger charge is -2.07. The van der Waals surface area contributed by atoms with Gasteiger partial charge in [-0.25, -0.2) is 4.39 Å². The number of nitrogens with one attached hydrogen (secondary N) is 1. The van der Waals surface area contributed by atoms with Gasteiger partial charge in [0.25, 0.3) is 5.91 Å². The number of amides is 1. The summed E-state index contributed by atoms with van der Waals surface area (Å²) in [5.74, 6) is 6.56. The average molecular weight is 343 g/mol. The van der Waals surface area contributed by atoms with E-state index in [4.69, 9.17) is 14.2 Å². The molecule has 0 aliphatic rings. The van der Waals surface area contributed by atoms with E-state index in [1.807, 2.05) is 12.1 Å². The molecule has 0 aromatic heterocycles. The second kappa shape index (κ2) is 9.83. The van der Waals surface area contributed by atoms with Gasteiger partial charge in [0, 0.05) is 0 Å². The van der Waals surface area contributed by atoms with Crippen molar-refractivity contribution in [2.45, 2.75) is 0 Å². The van der Waals surface area contributed by atoms with Crippen LogP contribution in [0.15, 0.2) is 48.5 Å². The fourth-order valence-electron chi connectivity index (χ4n) is 1.84. The van der Waals surface area contributed by atoms with Gasteiger partial charge in [0.15, 0.2) is 18.1 Å². The van der Waals surface area contributed by atoms with E-state index in [0.29, 0.717) is 17.2 Å². The molecule has 1 N–H and O–H groups in total. The van der Waals surface area contributed by atoms with Gasteiger partial charge in [-0.2, -0.15) is 0 Å². The average Bonchev–Trinajstić information content (AvgIpc) is 2.64. The van der Waals surface area contributed by atoms with Crippen LogP contribution in [0.4, 0.5) is 4.39 Å². The fraction of sp³-hybridized carbons (Fsp3) is 0.211. The molecule has 0 saturated carbocycles. The SMILES string of the molecule is COc1ccccc1OCC#CCNC(=O)COc1ccc(F)cc1. The Hall–Kier alpha value is -3.20. The maximum absolute atomic E-state index is 12.7. The number of hydrogen-bond acceptors (Lipinski definition) is 4. The summed E-state index contributed by atoms with van der Waals surface area (Å²) in [6.45, 7) is 0.203. The van der Waals surface area contributed by atoms with Gasteiger partial charge in [-0.15, -0.1) is 0 Å². The van der Waals surface area contributed by atoms with E-state index in [0.717, 1.165) is 0 Å². The molecule has 0 heterocycles. The van der Waals surface area contributed by atoms with Crippen LogP contribution in [0.2, 0.25) is 0 Å². The zero-order chi connectivity index (χ0) is 17.9. The number of methoxy groups -OCH3 is 1. The lowest BCUT2D eigenvalue weighted by Crippen LogP contribution is -2.29. The minimum atomic E-state index is -0.359. The normalized spacial score (nSPS) is 9.52. The summed E-state index contributed by atoms with van der Waals surface area (Å²) in [4.78, 5) is 11.6. The molecular weight excluding hydrogens is 325 g/mol. The number of hydrogen-bond donors (Lipinski definition) is 1. The number of carbonyl (C=O) groups is 1. The van der Waals surface area contributed by atoms with Gasteiger partial charge >= 0.3 is 0 Å². The highest BCUT2D eigenvalue weighted by atomic mass is 19.1. The smallest absolute Gasteiger partial charge is 0.258 e. The molecule has 25 heavy (non-hydrogen) atoms. The molecule has 5 nitrogen and oxygen atoms in total. The van der Waals surface area contributed by atoms with E-state index < -0.39 is 0 Å². The highest BCUT2D eigenvalue weighted by Gasteiger charge is 2.02. The van der Waals surface area contributed by atoms with Crippen molar-refractivity contribution in [2.24, 2.45) is 0 Å². The van der Waals surface area contributed by atoms with Crippen LogP contribution < -0.4 is 19.5 Å². The first-order valence-electron chi connectivity index (χ1n) is 7.55. The Bertz CT molecular complexity index is 750. The third kappa shape index (κ3) is 6.43. The van der Waals surface area contributed by atoms with Crippen LogP contribution in [-0.4, -0.2) is 32.8 Å². The first-order chi connectivity index (χ1) is 12.2. The molecule has 1 amide bonds. The van der Waals surface area contributed by atoms with E-state index in [2.05, 4.69) is 17.2 Å². The van der Waals surface area contributed by atoms with Crippen molar-refractivity contribution in [1.29, 1.82) is 0 Å². The van der Waals surface area contributed by atoms with E-state index in [1.165, 1.54) is 24.3 Å². The number of ether oxygens (including phenoxy) is 3. The van der Waals surface area contributed by atoms with E-state index in [-0.39, 0.29) is 31.5 Å². The molecule has 0 bridgehead atoms. The van der Waals surface area contributed by atoms with Crippen molar-refractivity contribution >= 4 is 5.91 Å². The second-order valence-electron chi connectivity index (χ2n) is 4.81. The van der Waals surface area contributed by atoms with Gasteiger partial charge in [0.1, 0.15) is 18.2 Å². The molecule has 2 aromatic carbocycles. The molecule has 0 unspecified atom stereocenters. The molecule has 0 atom stereocenters. The third-order valence-electron chi connectivity index (χ3n) is 3.05. The van der Waals surface area contributed by atoms with Gasteiger partial charge in [-0.1, -0.05) is 24.0 Å². The first-order valence-corrected chi connectivity index (χ1v) is 7.55. The van der Waals surface area contributed by atoms with Crippen LogP contribution in [0, 0.1) is 17.7 Å². The minimum Gasteiger partial charge on any atom is -0.493 e. The Morgan fingerprint density at radius 1 is 1.04 bits per heavy atom. The zero-order valence-electron chi connectivity index (χ0n) is 13.8. The predicted molar refractivity (Wildman–Crippen MR) is 91.2 cm³/mol. The zero-order valence-corrected chi connectivity index (χ0v) is 13.8. The summed E-state index contributed by atoms with van der Waals surface area (Å²) in [5, 5.41) is 2.59. The molecule has 0 radical (unpaired) electrons. The molecule has 130 valence electrons. The molecule has 0 fully saturated rings. The van der Waals surface area contributed by atoms with Gasteiger partial charge in [0.05, 0.1) is 13.7 Å². The maximum Gasteiger partial charge on any atom is 0.258 e. The summed E-state index contributed by atoms with van der Waals surface area (Å²) in [6, 6.07) is 12.7. The second-order valence-corrected chi connectivity index (χ2v) is 4.81. The van der Waals surface area contributed by atoms with Crippen molar-refractivity contribution in [3.63, 3.8) is 0 Å². The lowest BCUT2D eigenvalue weighted by molar-refractivity contribution is -0.122. The Labute approximate surface area is 145 Å². The van der Waals surface area contributed by atoms with Crippen molar-refractivity contribution in [3.8, 4) is 29.1 Å². The van der Waals surface area contributed by atoms with Gasteiger partial charge in [0.2, 0.25) is 0 Å². The van der Waals surface area contributed by atoms with Crippen LogP contribution in [-0.2, 0) is 4.79 Å². The first kappa shape index (κ1) is 18.1. The van der Waals surface area contributed by atoms with E-state index in [1.54, 1.807) is 19.2 Å². The Morgan fingerprint density at radius 2 is 1.76 bits per heavy atom. The molecule has 2 aromatic rings. The Kier molecular flexibility index (Phi) is 7.13. The summed E-state index contributed by atoms with van der Waals surface area (Å²) >= 11 is 0. The topological polar surface area (TPSA) is 56.8 Å². The molecule has 0 saturated heterocycles. The molecular formula is C19H18FNO4. The number of carbonyl (C=O) groups excluding carboxylic acids is 1. The molecule has 0 aliphatic carbocycles. The number of para-hydroxylation sites is 2. The van der Waals surface area contributed by atoms with E-state index in [9.17, 15) is 9.18 Å². The van der Waals surface area contributed by atoms with Gasteiger partial charge in [-0.05, 0) is 36.4 Å². The summed E-state index contributed by atoms with van der Waals surface area (Å²) in [7, 11) is 1.57. The van der Waals surface area contributed by atoms with Gasteiger partial charge in [-0.3, -0.25) is 4.79 Å². The van der Waals surface area contributed by atoms with Crippen LogP contribution in [0.5, 0.6) is 17.2 Å². The monoisotopic (exact) mass is 343 g/mol. The third-order valence-corrected chi connectivity index (χ3v) is 3.05. The standard InChI is InChI=1S/C19H18FNO4/c1-23-17-6-2-3-7-18(17)24-13-5-4-12-21-19(22)14-25-16-10-8-15(20)9-11-16/h2-3,6-11H,12-14H2,1H3,(H,21,22). The summed E-state index contributed by atoms with van der Waals surface area (Å²) in [6.07, 6.45) is 0. The Morgan fingerprint density at radius 3 is 2.48 bits per heavy atom. The Balaban J connectivity index is 1.64. The van der Waals surface area contributed by atoms with Gasteiger partial charge < -0.3 is 19.5 Å². The number of benzene rings is 2. The molecule has 0 spiro atoms. The number of halogens is 1. The predicted octanol–water partition coefficient (Wildman–Crippen LogP) is 2.41. The number of rotatable bonds is 7. The highest BCUT2D eigenvalue weighted by Crippen LogP contribution is 2.25. The largest absolute Gasteiger partial charge is 0.493 e. The minimum absolute atomic E-state index is 0.162. The lowest BCUT2D eigenvalue weighted by atomic mass is 10.3. The molecule has 0 aliphatic heterocycles. The van der Waals surface area contributed by atoms with Crippen molar-refractivity contribution in [2.75, 3.05) is 26.9 Å². The van der Waals surface area contributed by atoms with Crippen LogP contribution in [0.3, 0.4) is 0 Å². The van der Waals surface area contributed by atoms with Crippen molar-refractivity contribution in [1.82, 2.24) is 5.32 Å². The fourth-order valence-corrected chi connectivity index (χ4v) is 1.84. The van der Waals surface area contributed by atoms with Crippen LogP contribution in [0.25, 0.3) is 0 Å². The maximum atomic E-state index is 12.7. The van der Waals surface area contributed by atoms with Crippen molar-refractivity contribution < 1.29 is 23.4 Å². The van der Waals surface area contributed by atoms with E-state index >= 15 is 0 Å². The highest BCUT2D eigenvalue weighted by molar-refractivity contribution is 5.77. The quantitative estimate of drug-likeness (QED) is 0.785. The molecule has 2 rings (SSSR count). The summed E-state index contributed by atoms with van der Waals surface area (Å²) in [5.41, 5.74) is 0. The van der Waals surface area contributed by atoms with Crippen molar-refractivity contribution in [3.05, 3.63) is 54.3 Å². The molecule has 6 heteroatoms. The van der Waals surface area contributed by atoms with Crippen LogP contribution in [0.1, 0.15) is 0 Å².